The summed E-state index contributed by atoms with van der Waals surface area (Å²) in [5.41, 5.74) is 8.77. The van der Waals surface area contributed by atoms with E-state index in [0.717, 1.165) is 11.1 Å². The smallest absolute Gasteiger partial charge is 0.301 e. The number of hydrogen-bond acceptors (Lipinski definition) is 4. The van der Waals surface area contributed by atoms with Crippen molar-refractivity contribution in [3.8, 4) is 29.1 Å². The first-order chi connectivity index (χ1) is 10.1. The van der Waals surface area contributed by atoms with Crippen molar-refractivity contribution in [1.29, 1.82) is 10.5 Å². The number of hydrogen-bond donors (Lipinski definition) is 1. The second-order valence-electron chi connectivity index (χ2n) is 4.52. The monoisotopic (exact) mass is 279 g/mol. The Morgan fingerprint density at radius 3 is 2.29 bits per heavy atom. The van der Waals surface area contributed by atoms with Gasteiger partial charge < -0.3 is 4.74 Å². The predicted molar refractivity (Wildman–Crippen MR) is 78.2 cm³/mol. The molecule has 5 heteroatoms. The number of aromatic amines is 1. The molecule has 0 aliphatic rings. The summed E-state index contributed by atoms with van der Waals surface area (Å²) in [7, 11) is 0. The fourth-order valence-corrected chi connectivity index (χ4v) is 2.10. The molecular weight excluding hydrogens is 264 g/mol. The average Bonchev–Trinajstić information content (AvgIpc) is 2.48. The number of aromatic nitrogens is 1. The molecule has 0 atom stereocenters. The van der Waals surface area contributed by atoms with E-state index >= 15 is 0 Å². The van der Waals surface area contributed by atoms with Crippen LogP contribution in [0, 0.1) is 29.6 Å². The number of ether oxygens (including phenoxy) is 1. The largest absolute Gasteiger partial charge is 0.462 e. The van der Waals surface area contributed by atoms with E-state index in [-0.39, 0.29) is 22.8 Å². The van der Waals surface area contributed by atoms with Crippen LogP contribution in [0.15, 0.2) is 24.3 Å². The molecule has 0 fully saturated rings. The molecule has 1 aromatic carbocycles. The minimum absolute atomic E-state index is 0.190. The van der Waals surface area contributed by atoms with Gasteiger partial charge in [0.2, 0.25) is 0 Å². The molecular formula is C16H15N4O+. The van der Waals surface area contributed by atoms with Gasteiger partial charge in [-0.05, 0) is 19.4 Å². The molecule has 0 saturated carbocycles. The zero-order valence-corrected chi connectivity index (χ0v) is 11.9. The van der Waals surface area contributed by atoms with Gasteiger partial charge in [0.25, 0.3) is 5.82 Å². The molecule has 0 aliphatic heterocycles. The van der Waals surface area contributed by atoms with E-state index in [1.807, 2.05) is 38.1 Å². The first kappa shape index (κ1) is 14.4. The SMILES string of the molecule is CCOc1[nH+]c(N)c(C#N)c(-c2ccc(C)cc2)c1C#N. The highest BCUT2D eigenvalue weighted by molar-refractivity contribution is 5.80. The summed E-state index contributed by atoms with van der Waals surface area (Å²) in [5, 5.41) is 18.8. The molecule has 0 radical (unpaired) electrons. The lowest BCUT2D eigenvalue weighted by atomic mass is 9.96. The quantitative estimate of drug-likeness (QED) is 0.931. The summed E-state index contributed by atoms with van der Waals surface area (Å²) in [6, 6.07) is 11.7. The normalized spacial score (nSPS) is 9.71. The van der Waals surface area contributed by atoms with Crippen molar-refractivity contribution in [2.45, 2.75) is 13.8 Å². The number of nitrogens with two attached hydrogens (primary N) is 1. The zero-order chi connectivity index (χ0) is 15.4. The van der Waals surface area contributed by atoms with Crippen LogP contribution in [0.25, 0.3) is 11.1 Å². The fourth-order valence-electron chi connectivity index (χ4n) is 2.10. The Morgan fingerprint density at radius 2 is 1.76 bits per heavy atom. The summed E-state index contributed by atoms with van der Waals surface area (Å²) < 4.78 is 5.43. The molecule has 21 heavy (non-hydrogen) atoms. The molecule has 0 amide bonds. The Morgan fingerprint density at radius 1 is 1.14 bits per heavy atom. The van der Waals surface area contributed by atoms with Crippen molar-refractivity contribution < 1.29 is 9.72 Å². The van der Waals surface area contributed by atoms with Crippen LogP contribution in [-0.4, -0.2) is 6.61 Å². The van der Waals surface area contributed by atoms with Gasteiger partial charge in [0.1, 0.15) is 17.7 Å². The van der Waals surface area contributed by atoms with Gasteiger partial charge in [-0.1, -0.05) is 29.8 Å². The molecule has 0 saturated heterocycles. The van der Waals surface area contributed by atoms with E-state index in [2.05, 4.69) is 17.1 Å². The van der Waals surface area contributed by atoms with Crippen LogP contribution < -0.4 is 15.5 Å². The maximum atomic E-state index is 9.45. The lowest BCUT2D eigenvalue weighted by molar-refractivity contribution is -0.377. The number of rotatable bonds is 3. The molecule has 5 nitrogen and oxygen atoms in total. The van der Waals surface area contributed by atoms with Crippen LogP contribution in [0.2, 0.25) is 0 Å². The van der Waals surface area contributed by atoms with E-state index in [4.69, 9.17) is 10.5 Å². The van der Waals surface area contributed by atoms with E-state index in [0.29, 0.717) is 12.2 Å². The van der Waals surface area contributed by atoms with Gasteiger partial charge in [0.15, 0.2) is 5.56 Å². The lowest BCUT2D eigenvalue weighted by Crippen LogP contribution is -2.19. The van der Waals surface area contributed by atoms with Crippen LogP contribution >= 0.6 is 0 Å². The Kier molecular flexibility index (Phi) is 4.06. The molecule has 3 N–H and O–H groups in total. The number of pyridine rings is 1. The summed E-state index contributed by atoms with van der Waals surface area (Å²) >= 11 is 0. The molecule has 1 aromatic heterocycles. The molecule has 2 aromatic rings. The van der Waals surface area contributed by atoms with Crippen molar-refractivity contribution in [2.24, 2.45) is 0 Å². The van der Waals surface area contributed by atoms with E-state index in [1.165, 1.54) is 0 Å². The third-order valence-electron chi connectivity index (χ3n) is 3.10. The maximum Gasteiger partial charge on any atom is 0.301 e. The van der Waals surface area contributed by atoms with E-state index < -0.39 is 0 Å². The third kappa shape index (κ3) is 2.63. The van der Waals surface area contributed by atoms with Gasteiger partial charge in [0.05, 0.1) is 6.61 Å². The number of benzene rings is 1. The predicted octanol–water partition coefficient (Wildman–Crippen LogP) is 2.20. The number of aryl methyl sites for hydroxylation is 1. The summed E-state index contributed by atoms with van der Waals surface area (Å²) in [6.45, 7) is 4.18. The van der Waals surface area contributed by atoms with Gasteiger partial charge in [-0.2, -0.15) is 10.5 Å². The van der Waals surface area contributed by atoms with Crippen molar-refractivity contribution >= 4 is 5.82 Å². The van der Waals surface area contributed by atoms with Crippen LogP contribution in [0.3, 0.4) is 0 Å². The highest BCUT2D eigenvalue weighted by Gasteiger charge is 2.24. The van der Waals surface area contributed by atoms with E-state index in [1.54, 1.807) is 0 Å². The second-order valence-corrected chi connectivity index (χ2v) is 4.52. The average molecular weight is 279 g/mol. The standard InChI is InChI=1S/C16H14N4O/c1-3-21-16-13(9-18)14(12(8-17)15(19)20-16)11-6-4-10(2)5-7-11/h4-7H,3H2,1-2H3,(H2,19,20)/p+1. The fraction of sp³-hybridized carbons (Fsp3) is 0.188. The van der Waals surface area contributed by atoms with Crippen molar-refractivity contribution in [1.82, 2.24) is 0 Å². The highest BCUT2D eigenvalue weighted by Crippen LogP contribution is 2.32. The Balaban J connectivity index is 2.81. The first-order valence-corrected chi connectivity index (χ1v) is 6.51. The topological polar surface area (TPSA) is 97.0 Å². The summed E-state index contributed by atoms with van der Waals surface area (Å²) in [5.74, 6) is 0.475. The van der Waals surface area contributed by atoms with E-state index in [9.17, 15) is 10.5 Å². The number of nitriles is 2. The molecule has 1 heterocycles. The highest BCUT2D eigenvalue weighted by atomic mass is 16.5. The maximum absolute atomic E-state index is 9.45. The minimum Gasteiger partial charge on any atom is -0.462 e. The molecule has 0 unspecified atom stereocenters. The Hall–Kier alpha value is -3.05. The minimum atomic E-state index is 0.190. The number of nitrogen functional groups attached to an aromatic ring is 1. The summed E-state index contributed by atoms with van der Waals surface area (Å²) in [4.78, 5) is 2.78. The van der Waals surface area contributed by atoms with Gasteiger partial charge in [-0.15, -0.1) is 0 Å². The zero-order valence-electron chi connectivity index (χ0n) is 11.9. The Labute approximate surface area is 123 Å². The molecule has 0 bridgehead atoms. The van der Waals surface area contributed by atoms with Crippen molar-refractivity contribution in [3.63, 3.8) is 0 Å². The first-order valence-electron chi connectivity index (χ1n) is 6.51. The molecule has 104 valence electrons. The summed E-state index contributed by atoms with van der Waals surface area (Å²) in [6.07, 6.45) is 0. The van der Waals surface area contributed by atoms with Gasteiger partial charge in [-0.3, -0.25) is 5.73 Å². The van der Waals surface area contributed by atoms with Crippen LogP contribution in [-0.2, 0) is 0 Å². The number of H-pyrrole nitrogens is 1. The van der Waals surface area contributed by atoms with Crippen LogP contribution in [0.5, 0.6) is 5.88 Å². The third-order valence-corrected chi connectivity index (χ3v) is 3.10. The molecule has 0 spiro atoms. The lowest BCUT2D eigenvalue weighted by Gasteiger charge is -2.10. The molecule has 0 aliphatic carbocycles. The van der Waals surface area contributed by atoms with Gasteiger partial charge >= 0.3 is 5.88 Å². The van der Waals surface area contributed by atoms with Crippen LogP contribution in [0.1, 0.15) is 23.6 Å². The van der Waals surface area contributed by atoms with Crippen LogP contribution in [0.4, 0.5) is 5.82 Å². The number of anilines is 1. The van der Waals surface area contributed by atoms with Crippen molar-refractivity contribution in [2.75, 3.05) is 12.3 Å². The Bertz CT molecular complexity index is 752. The number of nitrogens with zero attached hydrogens (tertiary/aromatic N) is 2. The second kappa shape index (κ2) is 5.94. The van der Waals surface area contributed by atoms with Gasteiger partial charge in [-0.25, -0.2) is 4.98 Å². The number of nitrogens with one attached hydrogen (secondary N) is 1. The van der Waals surface area contributed by atoms with Gasteiger partial charge in [0, 0.05) is 5.56 Å². The van der Waals surface area contributed by atoms with Crippen molar-refractivity contribution in [3.05, 3.63) is 41.0 Å². The molecule has 2 rings (SSSR count).